The van der Waals surface area contributed by atoms with Crippen molar-refractivity contribution in [2.45, 2.75) is 108 Å². The van der Waals surface area contributed by atoms with Crippen molar-refractivity contribution < 1.29 is 54.8 Å². The van der Waals surface area contributed by atoms with Crippen LogP contribution < -0.4 is 4.52 Å². The minimum Gasteiger partial charge on any atom is -0.468 e. The molecule has 2 unspecified atom stereocenters. The Balaban J connectivity index is 1.30. The summed E-state index contributed by atoms with van der Waals surface area (Å²) in [4.78, 5) is 23.1. The quantitative estimate of drug-likeness (QED) is 0.139. The molecule has 8 nitrogen and oxygen atoms in total. The number of aliphatic hydroxyl groups excluding tert-OH is 1. The van der Waals surface area contributed by atoms with Gasteiger partial charge in [0, 0.05) is 35.3 Å². The van der Waals surface area contributed by atoms with Gasteiger partial charge in [0.2, 0.25) is 0 Å². The van der Waals surface area contributed by atoms with Crippen molar-refractivity contribution >= 4 is 24.5 Å². The summed E-state index contributed by atoms with van der Waals surface area (Å²) >= 11 is 0. The molecule has 4 aliphatic rings. The lowest BCUT2D eigenvalue weighted by atomic mass is 9.52. The highest BCUT2D eigenvalue weighted by atomic mass is 32.2. The molecular formula is C32H45F5NO7PS. The summed E-state index contributed by atoms with van der Waals surface area (Å²) in [6.45, 7) is 2.36. The van der Waals surface area contributed by atoms with Gasteiger partial charge in [-0.1, -0.05) is 13.0 Å². The van der Waals surface area contributed by atoms with Crippen molar-refractivity contribution in [2.75, 3.05) is 25.2 Å². The van der Waals surface area contributed by atoms with Crippen LogP contribution in [0.2, 0.25) is 0 Å². The molecule has 0 aromatic heterocycles. The van der Waals surface area contributed by atoms with Gasteiger partial charge in [-0.2, -0.15) is 26.6 Å². The molecule has 3 aliphatic carbocycles. The van der Waals surface area contributed by atoms with Gasteiger partial charge in [0.05, 0.1) is 13.2 Å². The number of fused-ring (bicyclic) bond motifs is 5. The van der Waals surface area contributed by atoms with Gasteiger partial charge in [-0.3, -0.25) is 9.00 Å². The van der Waals surface area contributed by atoms with Crippen molar-refractivity contribution in [2.24, 2.45) is 23.2 Å². The predicted octanol–water partition coefficient (Wildman–Crippen LogP) is 6.75. The molecule has 5 rings (SSSR count). The lowest BCUT2D eigenvalue weighted by Crippen LogP contribution is -2.47. The number of methoxy groups -OCH3 is 1. The smallest absolute Gasteiger partial charge is 0.459 e. The Labute approximate surface area is 274 Å². The first-order valence-electron chi connectivity index (χ1n) is 16.5. The molecule has 3 fully saturated rings. The minimum atomic E-state index is -5.62. The fourth-order valence-electron chi connectivity index (χ4n) is 8.90. The Morgan fingerprint density at radius 1 is 1.13 bits per heavy atom. The highest BCUT2D eigenvalue weighted by Crippen LogP contribution is 2.63. The minimum absolute atomic E-state index is 0.118. The third kappa shape index (κ3) is 7.47. The van der Waals surface area contributed by atoms with Crippen molar-refractivity contribution in [1.82, 2.24) is 4.67 Å². The van der Waals surface area contributed by atoms with Crippen molar-refractivity contribution in [1.29, 1.82) is 0 Å². The number of hydrogen-bond donors (Lipinski definition) is 2. The zero-order valence-corrected chi connectivity index (χ0v) is 28.4. The molecule has 9 atom stereocenters. The summed E-state index contributed by atoms with van der Waals surface area (Å²) in [6, 6.07) is 4.54. The first-order valence-corrected chi connectivity index (χ1v) is 19.5. The Bertz CT molecular complexity index is 1380. The molecule has 47 heavy (non-hydrogen) atoms. The average molecular weight is 714 g/mol. The maximum Gasteiger partial charge on any atom is 0.459 e. The van der Waals surface area contributed by atoms with E-state index in [0.717, 1.165) is 41.5 Å². The molecule has 15 heteroatoms. The summed E-state index contributed by atoms with van der Waals surface area (Å²) in [7, 11) is -4.70. The maximum absolute atomic E-state index is 13.4. The van der Waals surface area contributed by atoms with Gasteiger partial charge in [0.25, 0.3) is 0 Å². The number of benzene rings is 1. The van der Waals surface area contributed by atoms with E-state index < -0.39 is 61.6 Å². The van der Waals surface area contributed by atoms with Gasteiger partial charge in [0.1, 0.15) is 11.8 Å². The van der Waals surface area contributed by atoms with Gasteiger partial charge >= 0.3 is 25.8 Å². The Morgan fingerprint density at radius 3 is 2.55 bits per heavy atom. The predicted molar refractivity (Wildman–Crippen MR) is 165 cm³/mol. The molecule has 1 aromatic rings. The molecule has 0 amide bonds. The summed E-state index contributed by atoms with van der Waals surface area (Å²) in [6.07, 6.45) is -1.88. The fraction of sp³-hybridized carbons (Fsp3) is 0.781. The van der Waals surface area contributed by atoms with Crippen LogP contribution >= 0.6 is 7.75 Å². The molecular weight excluding hydrogens is 668 g/mol. The van der Waals surface area contributed by atoms with Crippen LogP contribution in [0, 0.1) is 23.2 Å². The molecule has 1 aliphatic heterocycles. The number of rotatable bonds is 12. The first-order chi connectivity index (χ1) is 22.0. The van der Waals surface area contributed by atoms with E-state index in [2.05, 4.69) is 6.92 Å². The normalized spacial score (nSPS) is 33.0. The van der Waals surface area contributed by atoms with Crippen molar-refractivity contribution in [3.8, 4) is 5.75 Å². The lowest BCUT2D eigenvalue weighted by Gasteiger charge is -2.53. The highest BCUT2D eigenvalue weighted by molar-refractivity contribution is 7.84. The van der Waals surface area contributed by atoms with Crippen molar-refractivity contribution in [3.63, 3.8) is 0 Å². The van der Waals surface area contributed by atoms with E-state index in [1.54, 1.807) is 12.1 Å². The number of alkyl halides is 5. The van der Waals surface area contributed by atoms with Gasteiger partial charge in [-0.15, -0.1) is 0 Å². The summed E-state index contributed by atoms with van der Waals surface area (Å²) < 4.78 is 102. The summed E-state index contributed by atoms with van der Waals surface area (Å²) in [5.41, 5.74) is 1.89. The number of carbonyl (C=O) groups is 1. The average Bonchev–Trinajstić information content (AvgIpc) is 3.61. The molecule has 1 aromatic carbocycles. The number of ether oxygens (including phenoxy) is 1. The van der Waals surface area contributed by atoms with Crippen LogP contribution in [-0.2, 0) is 31.3 Å². The Morgan fingerprint density at radius 2 is 1.85 bits per heavy atom. The number of hydrogen-bond acceptors (Lipinski definition) is 6. The van der Waals surface area contributed by atoms with Gasteiger partial charge in [-0.25, -0.2) is 4.57 Å². The number of esters is 1. The summed E-state index contributed by atoms with van der Waals surface area (Å²) in [5, 5.41) is 10.9. The SMILES string of the molecule is COC(=O)[C@@H]1CCCN1P(=O)(O)Oc1ccc2c(c1)C[C@@H](CCCS(=O)CCCC(F)(F)C(F)(F)F)[C@@H]1[C@@H]2CC[C@]2(C)[C@@H](O)CC[C@@H]12. The Hall–Kier alpha value is -1.60. The molecule has 1 saturated heterocycles. The van der Waals surface area contributed by atoms with Crippen LogP contribution in [0.1, 0.15) is 88.2 Å². The number of nitrogens with zero attached hydrogens (tertiary/aromatic N) is 1. The monoisotopic (exact) mass is 713 g/mol. The zero-order chi connectivity index (χ0) is 34.4. The van der Waals surface area contributed by atoms with Crippen LogP contribution in [0.5, 0.6) is 5.75 Å². The third-order valence-corrected chi connectivity index (χ3v) is 14.4. The van der Waals surface area contributed by atoms with Gasteiger partial charge in [0.15, 0.2) is 0 Å². The molecule has 266 valence electrons. The van der Waals surface area contributed by atoms with E-state index in [9.17, 15) is 45.5 Å². The van der Waals surface area contributed by atoms with Gasteiger partial charge in [-0.05, 0) is 117 Å². The Kier molecular flexibility index (Phi) is 10.9. The van der Waals surface area contributed by atoms with Crippen LogP contribution in [0.25, 0.3) is 0 Å². The van der Waals surface area contributed by atoms with Crippen LogP contribution in [-0.4, -0.2) is 74.3 Å². The topological polar surface area (TPSA) is 113 Å². The number of halogens is 5. The second-order valence-electron chi connectivity index (χ2n) is 14.0. The molecule has 2 N–H and O–H groups in total. The molecule has 2 saturated carbocycles. The van der Waals surface area contributed by atoms with Crippen LogP contribution in [0.3, 0.4) is 0 Å². The third-order valence-electron chi connectivity index (χ3n) is 11.3. The van der Waals surface area contributed by atoms with Gasteiger partial charge < -0.3 is 19.3 Å². The van der Waals surface area contributed by atoms with Crippen molar-refractivity contribution in [3.05, 3.63) is 29.3 Å². The second-order valence-corrected chi connectivity index (χ2v) is 17.3. The zero-order valence-electron chi connectivity index (χ0n) is 26.7. The van der Waals surface area contributed by atoms with E-state index in [4.69, 9.17) is 9.26 Å². The standard InChI is InChI=1S/C32H45F5NO7PS/c1-30-14-12-24-23-9-8-22(45-46(41,42)38-15-3-7-26(38)29(40)44-2)19-21(23)18-20(28(24)25(30)10-11-27(30)39)6-4-16-47(43)17-5-13-31(33,34)32(35,36)37/h8-9,19-20,24-28,39H,3-7,10-18H2,1-2H3,(H,41,42)/t20-,24-,25+,26+,27+,28-,30+,47?/m1/s1. The van der Waals surface area contributed by atoms with Crippen LogP contribution in [0.15, 0.2) is 18.2 Å². The molecule has 0 spiro atoms. The van der Waals surface area contributed by atoms with Crippen LogP contribution in [0.4, 0.5) is 22.0 Å². The molecule has 1 heterocycles. The molecule has 0 radical (unpaired) electrons. The van der Waals surface area contributed by atoms with E-state index in [1.807, 2.05) is 6.07 Å². The lowest BCUT2D eigenvalue weighted by molar-refractivity contribution is -0.284. The summed E-state index contributed by atoms with van der Waals surface area (Å²) in [5.74, 6) is -4.43. The first kappa shape index (κ1) is 36.7. The number of aliphatic hydroxyl groups is 1. The maximum atomic E-state index is 13.4. The number of carbonyl (C=O) groups excluding carboxylic acids is 1. The highest BCUT2D eigenvalue weighted by Gasteiger charge is 2.57. The fourth-order valence-corrected chi connectivity index (χ4v) is 11.5. The van der Waals surface area contributed by atoms with E-state index in [-0.39, 0.29) is 52.9 Å². The second kappa shape index (κ2) is 14.0. The van der Waals surface area contributed by atoms with E-state index >= 15 is 0 Å². The largest absolute Gasteiger partial charge is 0.468 e. The molecule has 0 bridgehead atoms. The van der Waals surface area contributed by atoms with E-state index in [0.29, 0.717) is 32.1 Å². The van der Waals surface area contributed by atoms with E-state index in [1.165, 1.54) is 7.11 Å².